The molecule has 15 heavy (non-hydrogen) atoms. The zero-order valence-electron chi connectivity index (χ0n) is 9.11. The first-order valence-electron chi connectivity index (χ1n) is 5.74. The molecule has 1 aliphatic carbocycles. The van der Waals surface area contributed by atoms with E-state index in [2.05, 4.69) is 6.92 Å². The van der Waals surface area contributed by atoms with Gasteiger partial charge in [-0.1, -0.05) is 25.8 Å². The topological polar surface area (TPSA) is 40.5 Å². The van der Waals surface area contributed by atoms with Crippen molar-refractivity contribution in [3.8, 4) is 11.5 Å². The van der Waals surface area contributed by atoms with Crippen molar-refractivity contribution in [2.24, 2.45) is 5.92 Å². The minimum Gasteiger partial charge on any atom is -0.504 e. The number of aromatic hydroxyl groups is 2. The molecule has 1 aliphatic rings. The molecule has 0 amide bonds. The summed E-state index contributed by atoms with van der Waals surface area (Å²) in [7, 11) is 0. The van der Waals surface area contributed by atoms with E-state index in [1.807, 2.05) is 6.07 Å². The Morgan fingerprint density at radius 3 is 2.67 bits per heavy atom. The average Bonchev–Trinajstić information content (AvgIpc) is 2.70. The van der Waals surface area contributed by atoms with Crippen LogP contribution in [0.25, 0.3) is 0 Å². The maximum absolute atomic E-state index is 9.47. The molecule has 2 rings (SSSR count). The van der Waals surface area contributed by atoms with Gasteiger partial charge in [0, 0.05) is 0 Å². The molecular formula is C13H18O2. The maximum atomic E-state index is 9.47. The highest BCUT2D eigenvalue weighted by atomic mass is 16.3. The smallest absolute Gasteiger partial charge is 0.157 e. The number of phenolic OH excluding ortho intramolecular Hbond substituents is 2. The molecule has 0 spiro atoms. The summed E-state index contributed by atoms with van der Waals surface area (Å²) >= 11 is 0. The first-order chi connectivity index (χ1) is 7.22. The van der Waals surface area contributed by atoms with Crippen LogP contribution >= 0.6 is 0 Å². The standard InChI is InChI=1S/C13H18O2/c1-2-9-4-3-5-11(9)10-6-7-12(14)13(15)8-10/h6-9,11,14-15H,2-5H2,1H3. The van der Waals surface area contributed by atoms with Crippen LogP contribution in [-0.2, 0) is 0 Å². The molecule has 1 aromatic rings. The summed E-state index contributed by atoms with van der Waals surface area (Å²) in [6.07, 6.45) is 4.99. The van der Waals surface area contributed by atoms with Crippen LogP contribution in [-0.4, -0.2) is 10.2 Å². The summed E-state index contributed by atoms with van der Waals surface area (Å²) in [5.41, 5.74) is 1.18. The normalized spacial score (nSPS) is 25.7. The van der Waals surface area contributed by atoms with Crippen LogP contribution in [0, 0.1) is 5.92 Å². The molecule has 1 fully saturated rings. The number of hydrogen-bond acceptors (Lipinski definition) is 2. The first-order valence-corrected chi connectivity index (χ1v) is 5.74. The second kappa shape index (κ2) is 4.13. The van der Waals surface area contributed by atoms with Gasteiger partial charge in [-0.25, -0.2) is 0 Å². The van der Waals surface area contributed by atoms with Crippen LogP contribution < -0.4 is 0 Å². The highest BCUT2D eigenvalue weighted by Gasteiger charge is 2.27. The SMILES string of the molecule is CCC1CCCC1c1ccc(O)c(O)c1. The molecule has 0 aromatic heterocycles. The predicted octanol–water partition coefficient (Wildman–Crippen LogP) is 3.39. The van der Waals surface area contributed by atoms with Gasteiger partial charge in [0.05, 0.1) is 0 Å². The van der Waals surface area contributed by atoms with Crippen molar-refractivity contribution in [3.05, 3.63) is 23.8 Å². The molecule has 1 aromatic carbocycles. The molecule has 0 bridgehead atoms. The molecule has 2 N–H and O–H groups in total. The first kappa shape index (κ1) is 10.3. The molecule has 0 aliphatic heterocycles. The Labute approximate surface area is 90.6 Å². The fraction of sp³-hybridized carbons (Fsp3) is 0.538. The summed E-state index contributed by atoms with van der Waals surface area (Å²) in [5, 5.41) is 18.7. The van der Waals surface area contributed by atoms with E-state index in [9.17, 15) is 10.2 Å². The van der Waals surface area contributed by atoms with Crippen LogP contribution in [0.1, 0.15) is 44.1 Å². The number of rotatable bonds is 2. The van der Waals surface area contributed by atoms with E-state index < -0.39 is 0 Å². The van der Waals surface area contributed by atoms with Crippen molar-refractivity contribution in [2.75, 3.05) is 0 Å². The fourth-order valence-electron chi connectivity index (χ4n) is 2.74. The fourth-order valence-corrected chi connectivity index (χ4v) is 2.74. The van der Waals surface area contributed by atoms with E-state index in [1.54, 1.807) is 12.1 Å². The molecule has 82 valence electrons. The molecule has 2 nitrogen and oxygen atoms in total. The molecular weight excluding hydrogens is 188 g/mol. The lowest BCUT2D eigenvalue weighted by Gasteiger charge is -2.18. The highest BCUT2D eigenvalue weighted by Crippen LogP contribution is 2.42. The van der Waals surface area contributed by atoms with Gasteiger partial charge in [-0.05, 0) is 42.4 Å². The summed E-state index contributed by atoms with van der Waals surface area (Å²) in [5.74, 6) is 1.30. The Balaban J connectivity index is 2.25. The van der Waals surface area contributed by atoms with E-state index in [-0.39, 0.29) is 11.5 Å². The third kappa shape index (κ3) is 1.94. The minimum absolute atomic E-state index is 0.00857. The third-order valence-corrected chi connectivity index (χ3v) is 3.61. The van der Waals surface area contributed by atoms with Crippen LogP contribution in [0.5, 0.6) is 11.5 Å². The molecule has 1 saturated carbocycles. The Kier molecular flexibility index (Phi) is 2.85. The summed E-state index contributed by atoms with van der Waals surface area (Å²) in [4.78, 5) is 0. The molecule has 2 heteroatoms. The van der Waals surface area contributed by atoms with Gasteiger partial charge >= 0.3 is 0 Å². The van der Waals surface area contributed by atoms with Crippen LogP contribution in [0.15, 0.2) is 18.2 Å². The van der Waals surface area contributed by atoms with Crippen molar-refractivity contribution >= 4 is 0 Å². The Morgan fingerprint density at radius 1 is 1.20 bits per heavy atom. The van der Waals surface area contributed by atoms with Gasteiger partial charge < -0.3 is 10.2 Å². The molecule has 0 heterocycles. The predicted molar refractivity (Wildman–Crippen MR) is 60.1 cm³/mol. The third-order valence-electron chi connectivity index (χ3n) is 3.61. The Bertz CT molecular complexity index is 346. The number of hydrogen-bond donors (Lipinski definition) is 2. The molecule has 0 saturated heterocycles. The number of phenols is 2. The lowest BCUT2D eigenvalue weighted by atomic mass is 9.87. The van der Waals surface area contributed by atoms with Gasteiger partial charge in [-0.15, -0.1) is 0 Å². The summed E-state index contributed by atoms with van der Waals surface area (Å²) < 4.78 is 0. The Hall–Kier alpha value is -1.18. The molecule has 0 radical (unpaired) electrons. The van der Waals surface area contributed by atoms with E-state index in [0.29, 0.717) is 5.92 Å². The lowest BCUT2D eigenvalue weighted by molar-refractivity contribution is 0.400. The second-order valence-electron chi connectivity index (χ2n) is 4.45. The Morgan fingerprint density at radius 2 is 2.00 bits per heavy atom. The zero-order valence-corrected chi connectivity index (χ0v) is 9.11. The van der Waals surface area contributed by atoms with E-state index in [0.717, 1.165) is 5.92 Å². The van der Waals surface area contributed by atoms with Crippen molar-refractivity contribution < 1.29 is 10.2 Å². The summed E-state index contributed by atoms with van der Waals surface area (Å²) in [6, 6.07) is 5.25. The second-order valence-corrected chi connectivity index (χ2v) is 4.45. The van der Waals surface area contributed by atoms with Gasteiger partial charge in [0.15, 0.2) is 11.5 Å². The van der Waals surface area contributed by atoms with Crippen LogP contribution in [0.3, 0.4) is 0 Å². The molecule has 2 unspecified atom stereocenters. The van der Waals surface area contributed by atoms with E-state index >= 15 is 0 Å². The number of benzene rings is 1. The van der Waals surface area contributed by atoms with Crippen LogP contribution in [0.4, 0.5) is 0 Å². The average molecular weight is 206 g/mol. The molecule has 2 atom stereocenters. The van der Waals surface area contributed by atoms with E-state index in [4.69, 9.17) is 0 Å². The monoisotopic (exact) mass is 206 g/mol. The van der Waals surface area contributed by atoms with Gasteiger partial charge in [0.1, 0.15) is 0 Å². The van der Waals surface area contributed by atoms with Crippen LogP contribution in [0.2, 0.25) is 0 Å². The van der Waals surface area contributed by atoms with Gasteiger partial charge in [-0.2, -0.15) is 0 Å². The van der Waals surface area contributed by atoms with Crippen molar-refractivity contribution in [3.63, 3.8) is 0 Å². The maximum Gasteiger partial charge on any atom is 0.157 e. The van der Waals surface area contributed by atoms with Crippen molar-refractivity contribution in [2.45, 2.75) is 38.5 Å². The van der Waals surface area contributed by atoms with E-state index in [1.165, 1.54) is 31.2 Å². The summed E-state index contributed by atoms with van der Waals surface area (Å²) in [6.45, 7) is 2.23. The van der Waals surface area contributed by atoms with Gasteiger partial charge in [-0.3, -0.25) is 0 Å². The van der Waals surface area contributed by atoms with Gasteiger partial charge in [0.25, 0.3) is 0 Å². The highest BCUT2D eigenvalue weighted by molar-refractivity contribution is 5.42. The zero-order chi connectivity index (χ0) is 10.8. The quantitative estimate of drug-likeness (QED) is 0.728. The van der Waals surface area contributed by atoms with Gasteiger partial charge in [0.2, 0.25) is 0 Å². The largest absolute Gasteiger partial charge is 0.504 e. The minimum atomic E-state index is -0.0233. The van der Waals surface area contributed by atoms with Crippen molar-refractivity contribution in [1.29, 1.82) is 0 Å². The van der Waals surface area contributed by atoms with Crippen molar-refractivity contribution in [1.82, 2.24) is 0 Å². The lowest BCUT2D eigenvalue weighted by Crippen LogP contribution is -2.04.